The van der Waals surface area contributed by atoms with E-state index in [2.05, 4.69) is 16.4 Å². The zero-order valence-corrected chi connectivity index (χ0v) is 12.0. The fraction of sp³-hybridized carbons (Fsp3) is 0.438. The van der Waals surface area contributed by atoms with Crippen LogP contribution in [0.15, 0.2) is 28.8 Å². The molecule has 3 rings (SSSR count). The van der Waals surface area contributed by atoms with Gasteiger partial charge in [0.25, 0.3) is 0 Å². The fourth-order valence-corrected chi connectivity index (χ4v) is 2.05. The molecule has 20 heavy (non-hydrogen) atoms. The molecule has 2 heterocycles. The van der Waals surface area contributed by atoms with Gasteiger partial charge in [0.2, 0.25) is 0 Å². The van der Waals surface area contributed by atoms with Crippen molar-refractivity contribution in [2.24, 2.45) is 0 Å². The molecule has 0 amide bonds. The molecule has 4 heteroatoms. The number of nitrogens with one attached hydrogen (secondary N) is 1. The Hall–Kier alpha value is -1.81. The van der Waals surface area contributed by atoms with Crippen molar-refractivity contribution in [3.8, 4) is 5.75 Å². The molecule has 106 valence electrons. The zero-order chi connectivity index (χ0) is 13.9. The summed E-state index contributed by atoms with van der Waals surface area (Å²) in [4.78, 5) is 4.22. The maximum Gasteiger partial charge on any atom is 0.138 e. The molecular formula is C16H20N2O2. The van der Waals surface area contributed by atoms with E-state index in [1.807, 2.05) is 26.0 Å². The molecule has 0 unspecified atom stereocenters. The molecule has 2 aromatic rings. The second kappa shape index (κ2) is 5.67. The number of furan rings is 1. The molecule has 0 aromatic carbocycles. The number of nitrogens with zero attached hydrogens (tertiary/aromatic N) is 1. The van der Waals surface area contributed by atoms with Crippen molar-refractivity contribution in [3.63, 3.8) is 0 Å². The third-order valence-electron chi connectivity index (χ3n) is 3.49. The van der Waals surface area contributed by atoms with Crippen LogP contribution in [0.2, 0.25) is 0 Å². The summed E-state index contributed by atoms with van der Waals surface area (Å²) in [6.45, 7) is 5.26. The average Bonchev–Trinajstić information content (AvgIpc) is 3.20. The molecule has 1 N–H and O–H groups in total. The van der Waals surface area contributed by atoms with Crippen LogP contribution in [-0.4, -0.2) is 11.0 Å². The summed E-state index contributed by atoms with van der Waals surface area (Å²) in [7, 11) is 0. The van der Waals surface area contributed by atoms with Crippen molar-refractivity contribution in [3.05, 3.63) is 47.2 Å². The Morgan fingerprint density at radius 2 is 2.20 bits per heavy atom. The van der Waals surface area contributed by atoms with Crippen molar-refractivity contribution in [1.82, 2.24) is 10.3 Å². The topological polar surface area (TPSA) is 47.3 Å². The van der Waals surface area contributed by atoms with E-state index < -0.39 is 0 Å². The van der Waals surface area contributed by atoms with E-state index in [1.165, 1.54) is 12.8 Å². The van der Waals surface area contributed by atoms with Gasteiger partial charge in [0.05, 0.1) is 12.7 Å². The van der Waals surface area contributed by atoms with E-state index in [4.69, 9.17) is 9.15 Å². The summed E-state index contributed by atoms with van der Waals surface area (Å²) in [5.41, 5.74) is 2.09. The molecule has 4 nitrogen and oxygen atoms in total. The molecule has 2 aromatic heterocycles. The lowest BCUT2D eigenvalue weighted by atomic mass is 10.2. The van der Waals surface area contributed by atoms with E-state index >= 15 is 0 Å². The molecule has 1 fully saturated rings. The second-order valence-electron chi connectivity index (χ2n) is 5.37. The summed E-state index contributed by atoms with van der Waals surface area (Å²) in [6, 6.07) is 6.65. The van der Waals surface area contributed by atoms with Crippen LogP contribution >= 0.6 is 0 Å². The number of pyridine rings is 1. The molecule has 1 aliphatic carbocycles. The maximum atomic E-state index is 5.74. The van der Waals surface area contributed by atoms with Crippen molar-refractivity contribution in [1.29, 1.82) is 0 Å². The summed E-state index contributed by atoms with van der Waals surface area (Å²) < 4.78 is 11.5. The Bertz CT molecular complexity index is 571. The van der Waals surface area contributed by atoms with Gasteiger partial charge in [0.1, 0.15) is 23.9 Å². The first kappa shape index (κ1) is 13.2. The first-order chi connectivity index (χ1) is 9.70. The van der Waals surface area contributed by atoms with Crippen LogP contribution in [0.25, 0.3) is 0 Å². The minimum atomic E-state index is 0.517. The summed E-state index contributed by atoms with van der Waals surface area (Å²) in [5.74, 6) is 2.70. The number of ether oxygens (including phenoxy) is 1. The van der Waals surface area contributed by atoms with Crippen LogP contribution < -0.4 is 10.1 Å². The monoisotopic (exact) mass is 272 g/mol. The number of aromatic nitrogens is 1. The van der Waals surface area contributed by atoms with Crippen LogP contribution in [0.1, 0.15) is 35.6 Å². The predicted octanol–water partition coefficient (Wildman–Crippen LogP) is 3.12. The van der Waals surface area contributed by atoms with Gasteiger partial charge in [0.15, 0.2) is 0 Å². The van der Waals surface area contributed by atoms with E-state index in [-0.39, 0.29) is 0 Å². The van der Waals surface area contributed by atoms with E-state index in [0.29, 0.717) is 12.6 Å². The minimum absolute atomic E-state index is 0.517. The van der Waals surface area contributed by atoms with Crippen molar-refractivity contribution < 1.29 is 9.15 Å². The third-order valence-corrected chi connectivity index (χ3v) is 3.49. The van der Waals surface area contributed by atoms with Gasteiger partial charge in [-0.2, -0.15) is 0 Å². The van der Waals surface area contributed by atoms with Gasteiger partial charge in [-0.05, 0) is 44.9 Å². The molecule has 1 aliphatic rings. The highest BCUT2D eigenvalue weighted by Gasteiger charge is 2.20. The summed E-state index contributed by atoms with van der Waals surface area (Å²) in [6.07, 6.45) is 4.33. The van der Waals surface area contributed by atoms with Crippen molar-refractivity contribution >= 4 is 0 Å². The molecule has 0 bridgehead atoms. The molecule has 0 aliphatic heterocycles. The van der Waals surface area contributed by atoms with Gasteiger partial charge < -0.3 is 14.5 Å². The van der Waals surface area contributed by atoms with Gasteiger partial charge >= 0.3 is 0 Å². The van der Waals surface area contributed by atoms with Crippen molar-refractivity contribution in [2.45, 2.75) is 45.9 Å². The lowest BCUT2D eigenvalue weighted by Gasteiger charge is -2.04. The molecule has 0 atom stereocenters. The molecule has 1 saturated carbocycles. The predicted molar refractivity (Wildman–Crippen MR) is 76.6 cm³/mol. The van der Waals surface area contributed by atoms with Crippen LogP contribution in [-0.2, 0) is 13.2 Å². The van der Waals surface area contributed by atoms with Gasteiger partial charge in [-0.3, -0.25) is 4.98 Å². The van der Waals surface area contributed by atoms with Crippen molar-refractivity contribution in [2.75, 3.05) is 0 Å². The van der Waals surface area contributed by atoms with Gasteiger partial charge in [-0.25, -0.2) is 0 Å². The van der Waals surface area contributed by atoms with E-state index in [0.717, 1.165) is 35.1 Å². The number of aryl methyl sites for hydroxylation is 2. The van der Waals surface area contributed by atoms with Gasteiger partial charge in [-0.1, -0.05) is 0 Å². The second-order valence-corrected chi connectivity index (χ2v) is 5.37. The average molecular weight is 272 g/mol. The zero-order valence-electron chi connectivity index (χ0n) is 12.0. The van der Waals surface area contributed by atoms with Crippen LogP contribution in [0.4, 0.5) is 0 Å². The first-order valence-corrected chi connectivity index (χ1v) is 7.08. The highest BCUT2D eigenvalue weighted by Crippen LogP contribution is 2.21. The van der Waals surface area contributed by atoms with Crippen LogP contribution in [0, 0.1) is 13.8 Å². The van der Waals surface area contributed by atoms with Gasteiger partial charge in [-0.15, -0.1) is 0 Å². The molecule has 0 radical (unpaired) electrons. The number of hydrogen-bond acceptors (Lipinski definition) is 4. The SMILES string of the molecule is Cc1ccc(OCc2cc(CNC3CC3)oc2C)cn1. The van der Waals surface area contributed by atoms with E-state index in [9.17, 15) is 0 Å². The Kier molecular flexibility index (Phi) is 3.74. The normalized spacial score (nSPS) is 14.5. The molecule has 0 saturated heterocycles. The molecule has 0 spiro atoms. The lowest BCUT2D eigenvalue weighted by Crippen LogP contribution is -2.14. The molecular weight excluding hydrogens is 252 g/mol. The van der Waals surface area contributed by atoms with Gasteiger partial charge in [0, 0.05) is 17.3 Å². The van der Waals surface area contributed by atoms with Crippen LogP contribution in [0.5, 0.6) is 5.75 Å². The smallest absolute Gasteiger partial charge is 0.138 e. The van der Waals surface area contributed by atoms with E-state index in [1.54, 1.807) is 6.20 Å². The Morgan fingerprint density at radius 3 is 2.90 bits per heavy atom. The Labute approximate surface area is 119 Å². The lowest BCUT2D eigenvalue weighted by molar-refractivity contribution is 0.301. The highest BCUT2D eigenvalue weighted by molar-refractivity contribution is 5.23. The fourth-order valence-electron chi connectivity index (χ4n) is 2.05. The summed E-state index contributed by atoms with van der Waals surface area (Å²) in [5, 5.41) is 3.45. The highest BCUT2D eigenvalue weighted by atomic mass is 16.5. The Morgan fingerprint density at radius 1 is 1.35 bits per heavy atom. The quantitative estimate of drug-likeness (QED) is 0.877. The first-order valence-electron chi connectivity index (χ1n) is 7.08. The minimum Gasteiger partial charge on any atom is -0.487 e. The Balaban J connectivity index is 1.57. The number of hydrogen-bond donors (Lipinski definition) is 1. The van der Waals surface area contributed by atoms with Crippen LogP contribution in [0.3, 0.4) is 0 Å². The standard InChI is InChI=1S/C16H20N2O2/c1-11-3-6-15(8-17-11)19-10-13-7-16(20-12(13)2)9-18-14-4-5-14/h3,6-8,14,18H,4-5,9-10H2,1-2H3. The number of rotatable bonds is 6. The largest absolute Gasteiger partial charge is 0.487 e. The maximum absolute atomic E-state index is 5.74. The third kappa shape index (κ3) is 3.39. The summed E-state index contributed by atoms with van der Waals surface area (Å²) >= 11 is 0.